The summed E-state index contributed by atoms with van der Waals surface area (Å²) in [6.45, 7) is 4.81. The first-order valence-corrected chi connectivity index (χ1v) is 11.8. The quantitative estimate of drug-likeness (QED) is 0.533. The minimum absolute atomic E-state index is 0.0592. The number of sulfone groups is 1. The summed E-state index contributed by atoms with van der Waals surface area (Å²) in [5.74, 6) is 1.10. The molecule has 2 aromatic heterocycles. The van der Waals surface area contributed by atoms with Gasteiger partial charge >= 0.3 is 0 Å². The lowest BCUT2D eigenvalue weighted by molar-refractivity contribution is 0.199. The van der Waals surface area contributed by atoms with Crippen molar-refractivity contribution in [1.82, 2.24) is 14.5 Å². The molecule has 30 heavy (non-hydrogen) atoms. The number of hydrogen-bond donors (Lipinski definition) is 1. The third kappa shape index (κ3) is 4.56. The van der Waals surface area contributed by atoms with Crippen LogP contribution in [0.3, 0.4) is 0 Å². The summed E-state index contributed by atoms with van der Waals surface area (Å²) in [5.41, 5.74) is 9.41. The molecule has 0 radical (unpaired) electrons. The van der Waals surface area contributed by atoms with Crippen LogP contribution >= 0.6 is 23.2 Å². The highest BCUT2D eigenvalue weighted by molar-refractivity contribution is 7.91. The number of benzene rings is 1. The number of methoxy groups -OCH3 is 1. The molecule has 162 valence electrons. The van der Waals surface area contributed by atoms with E-state index in [0.29, 0.717) is 42.4 Å². The number of aryl methyl sites for hydroxylation is 3. The Bertz CT molecular complexity index is 1190. The van der Waals surface area contributed by atoms with Crippen LogP contribution in [0.5, 0.6) is 0 Å². The minimum atomic E-state index is -3.56. The lowest BCUT2D eigenvalue weighted by Gasteiger charge is -2.12. The molecule has 2 heterocycles. The second-order valence-electron chi connectivity index (χ2n) is 7.07. The van der Waals surface area contributed by atoms with Crippen molar-refractivity contribution in [2.75, 3.05) is 25.2 Å². The number of fused-ring (bicyclic) bond motifs is 1. The fourth-order valence-electron chi connectivity index (χ4n) is 3.42. The zero-order chi connectivity index (χ0) is 22.1. The van der Waals surface area contributed by atoms with Crippen molar-refractivity contribution in [3.63, 3.8) is 0 Å². The summed E-state index contributed by atoms with van der Waals surface area (Å²) in [5, 5.41) is 0.519. The molecule has 0 bridgehead atoms. The molecule has 10 heteroatoms. The molecule has 0 aliphatic rings. The molecule has 0 aliphatic carbocycles. The van der Waals surface area contributed by atoms with Crippen LogP contribution in [-0.2, 0) is 27.5 Å². The number of halogens is 2. The first-order valence-electron chi connectivity index (χ1n) is 9.44. The third-order valence-electron chi connectivity index (χ3n) is 5.03. The Labute approximate surface area is 186 Å². The maximum absolute atomic E-state index is 12.8. The van der Waals surface area contributed by atoms with Gasteiger partial charge in [-0.25, -0.2) is 18.4 Å². The van der Waals surface area contributed by atoms with Gasteiger partial charge in [0.05, 0.1) is 27.8 Å². The first kappa shape index (κ1) is 22.8. The van der Waals surface area contributed by atoms with Gasteiger partial charge in [0.1, 0.15) is 11.3 Å². The van der Waals surface area contributed by atoms with Gasteiger partial charge < -0.3 is 15.0 Å². The first-order chi connectivity index (χ1) is 14.2. The van der Waals surface area contributed by atoms with Gasteiger partial charge in [-0.2, -0.15) is 0 Å². The molecule has 3 rings (SSSR count). The number of pyridine rings is 1. The number of ether oxygens (including phenoxy) is 1. The Kier molecular flexibility index (Phi) is 6.91. The molecule has 0 unspecified atom stereocenters. The number of rotatable bonds is 8. The maximum Gasteiger partial charge on any atom is 0.179 e. The Morgan fingerprint density at radius 3 is 2.60 bits per heavy atom. The number of imidazole rings is 1. The van der Waals surface area contributed by atoms with Gasteiger partial charge in [0.15, 0.2) is 15.7 Å². The third-order valence-corrected chi connectivity index (χ3v) is 7.54. The predicted octanol–water partition coefficient (Wildman–Crippen LogP) is 3.99. The summed E-state index contributed by atoms with van der Waals surface area (Å²) in [6.07, 6.45) is 0.965. The highest BCUT2D eigenvalue weighted by Gasteiger charge is 2.21. The molecule has 3 aromatic rings. The second kappa shape index (κ2) is 9.09. The topological polar surface area (TPSA) is 100 Å². The lowest BCUT2D eigenvalue weighted by atomic mass is 10.2. The van der Waals surface area contributed by atoms with Crippen molar-refractivity contribution in [3.05, 3.63) is 45.3 Å². The van der Waals surface area contributed by atoms with E-state index in [2.05, 4.69) is 9.97 Å². The monoisotopic (exact) mass is 470 g/mol. The summed E-state index contributed by atoms with van der Waals surface area (Å²) < 4.78 is 32.8. The van der Waals surface area contributed by atoms with Crippen LogP contribution in [-0.4, -0.2) is 42.4 Å². The van der Waals surface area contributed by atoms with Gasteiger partial charge in [0.25, 0.3) is 0 Å². The maximum atomic E-state index is 12.8. The number of nitrogen functional groups attached to an aromatic ring is 1. The predicted molar refractivity (Wildman–Crippen MR) is 120 cm³/mol. The van der Waals surface area contributed by atoms with Crippen LogP contribution in [0.4, 0.5) is 5.82 Å². The van der Waals surface area contributed by atoms with Crippen LogP contribution in [0.15, 0.2) is 23.1 Å². The van der Waals surface area contributed by atoms with Crippen molar-refractivity contribution in [1.29, 1.82) is 0 Å². The van der Waals surface area contributed by atoms with Gasteiger partial charge in [-0.05, 0) is 44.0 Å². The average molecular weight is 471 g/mol. The van der Waals surface area contributed by atoms with Gasteiger partial charge in [0.2, 0.25) is 0 Å². The summed E-state index contributed by atoms with van der Waals surface area (Å²) >= 11 is 12.0. The zero-order valence-corrected chi connectivity index (χ0v) is 19.4. The summed E-state index contributed by atoms with van der Waals surface area (Å²) in [7, 11) is -1.93. The van der Waals surface area contributed by atoms with Crippen molar-refractivity contribution in [2.45, 2.75) is 38.1 Å². The van der Waals surface area contributed by atoms with Crippen LogP contribution in [0, 0.1) is 13.8 Å². The summed E-state index contributed by atoms with van der Waals surface area (Å²) in [4.78, 5) is 9.11. The van der Waals surface area contributed by atoms with Crippen LogP contribution in [0.1, 0.15) is 23.5 Å². The second-order valence-corrected chi connectivity index (χ2v) is 10.00. The fraction of sp³-hybridized carbons (Fsp3) is 0.400. The van der Waals surface area contributed by atoms with E-state index in [-0.39, 0.29) is 15.7 Å². The average Bonchev–Trinajstić information content (AvgIpc) is 3.03. The molecule has 1 aromatic carbocycles. The van der Waals surface area contributed by atoms with Gasteiger partial charge in [-0.3, -0.25) is 0 Å². The van der Waals surface area contributed by atoms with E-state index >= 15 is 0 Å². The molecule has 0 saturated carbocycles. The van der Waals surface area contributed by atoms with Crippen molar-refractivity contribution in [3.8, 4) is 0 Å². The molecule has 0 fully saturated rings. The Hall–Kier alpha value is -1.87. The number of aromatic nitrogens is 3. The zero-order valence-electron chi connectivity index (χ0n) is 17.1. The lowest BCUT2D eigenvalue weighted by Crippen LogP contribution is -2.13. The van der Waals surface area contributed by atoms with E-state index in [1.807, 2.05) is 18.4 Å². The molecule has 0 aliphatic heterocycles. The number of nitrogens with zero attached hydrogens (tertiary/aromatic N) is 3. The van der Waals surface area contributed by atoms with Gasteiger partial charge in [-0.1, -0.05) is 23.2 Å². The van der Waals surface area contributed by atoms with E-state index in [1.54, 1.807) is 7.11 Å². The largest absolute Gasteiger partial charge is 0.384 e. The molecule has 2 N–H and O–H groups in total. The molecule has 0 saturated heterocycles. The molecular weight excluding hydrogens is 447 g/mol. The fourth-order valence-corrected chi connectivity index (χ4v) is 5.54. The molecule has 0 amide bonds. The van der Waals surface area contributed by atoms with Gasteiger partial charge in [0, 0.05) is 30.8 Å². The van der Waals surface area contributed by atoms with E-state index in [0.717, 1.165) is 22.6 Å². The molecule has 0 spiro atoms. The molecular formula is C20H24Cl2N4O3S. The Balaban J connectivity index is 1.91. The highest BCUT2D eigenvalue weighted by Crippen LogP contribution is 2.28. The normalized spacial score (nSPS) is 12.0. The van der Waals surface area contributed by atoms with Crippen molar-refractivity contribution in [2.24, 2.45) is 0 Å². The minimum Gasteiger partial charge on any atom is -0.384 e. The number of nitrogens with two attached hydrogens (primary N) is 1. The van der Waals surface area contributed by atoms with Crippen molar-refractivity contribution < 1.29 is 13.2 Å². The van der Waals surface area contributed by atoms with E-state index in [1.165, 1.54) is 18.2 Å². The van der Waals surface area contributed by atoms with Crippen LogP contribution in [0.25, 0.3) is 11.0 Å². The number of anilines is 1. The molecule has 7 nitrogen and oxygen atoms in total. The van der Waals surface area contributed by atoms with Crippen LogP contribution in [0.2, 0.25) is 10.0 Å². The molecule has 0 atom stereocenters. The number of hydrogen-bond acceptors (Lipinski definition) is 6. The highest BCUT2D eigenvalue weighted by atomic mass is 35.5. The smallest absolute Gasteiger partial charge is 0.179 e. The standard InChI is InChI=1S/C20H24Cl2N4O3S/c1-12-13(2)24-20(23)18-19(12)26(17(25-18)7-9-29-3)8-4-10-30(27,28)16-6-5-14(21)11-15(16)22/h5-6,11H,4,7-10H2,1-3H3,(H2,23,24). The van der Waals surface area contributed by atoms with E-state index < -0.39 is 9.84 Å². The van der Waals surface area contributed by atoms with E-state index in [4.69, 9.17) is 33.7 Å². The Morgan fingerprint density at radius 2 is 1.93 bits per heavy atom. The summed E-state index contributed by atoms with van der Waals surface area (Å²) in [6, 6.07) is 4.40. The van der Waals surface area contributed by atoms with Crippen LogP contribution < -0.4 is 5.73 Å². The van der Waals surface area contributed by atoms with E-state index in [9.17, 15) is 8.42 Å². The van der Waals surface area contributed by atoms with Crippen molar-refractivity contribution >= 4 is 49.9 Å². The Morgan fingerprint density at radius 1 is 1.20 bits per heavy atom. The SMILES string of the molecule is COCCc1nc2c(N)nc(C)c(C)c2n1CCCS(=O)(=O)c1ccc(Cl)cc1Cl. The van der Waals surface area contributed by atoms with Gasteiger partial charge in [-0.15, -0.1) is 0 Å².